The van der Waals surface area contributed by atoms with Crippen LogP contribution in [0.5, 0.6) is 0 Å². The zero-order valence-corrected chi connectivity index (χ0v) is 13.5. The quantitative estimate of drug-likeness (QED) is 0.772. The third-order valence-electron chi connectivity index (χ3n) is 2.60. The number of benzene rings is 1. The van der Waals surface area contributed by atoms with E-state index in [0.29, 0.717) is 0 Å². The Balaban J connectivity index is 2.60. The zero-order chi connectivity index (χ0) is 17.5. The lowest BCUT2D eigenvalue weighted by atomic mass is 10.1. The molecule has 0 aliphatic heterocycles. The second kappa shape index (κ2) is 8.17. The predicted molar refractivity (Wildman–Crippen MR) is 83.2 cm³/mol. The number of carbonyl (C=O) groups excluding carboxylic acids is 3. The summed E-state index contributed by atoms with van der Waals surface area (Å²) in [6.07, 6.45) is -1.19. The smallest absolute Gasteiger partial charge is 0.408 e. The van der Waals surface area contributed by atoms with Gasteiger partial charge in [0.15, 0.2) is 0 Å². The summed E-state index contributed by atoms with van der Waals surface area (Å²) in [6, 6.07) is 7.87. The number of amides is 2. The van der Waals surface area contributed by atoms with Crippen molar-refractivity contribution in [1.29, 1.82) is 0 Å². The maximum absolute atomic E-state index is 12.0. The first kappa shape index (κ1) is 18.5. The Morgan fingerprint density at radius 2 is 1.78 bits per heavy atom. The molecule has 7 nitrogen and oxygen atoms in total. The minimum Gasteiger partial charge on any atom is -0.458 e. The highest BCUT2D eigenvalue weighted by atomic mass is 16.6. The molecule has 0 aromatic heterocycles. The SMILES string of the molecule is CC(C)(C)OC(=O)[C@@H](CC(N)=O)NC(=O)OCc1ccccc1. The highest BCUT2D eigenvalue weighted by Crippen LogP contribution is 2.10. The number of carbonyl (C=O) groups is 3. The first-order valence-electron chi connectivity index (χ1n) is 7.16. The number of hydrogen-bond donors (Lipinski definition) is 2. The molecule has 0 unspecified atom stereocenters. The summed E-state index contributed by atoms with van der Waals surface area (Å²) in [5.41, 5.74) is 5.15. The minimum atomic E-state index is -1.19. The third-order valence-corrected chi connectivity index (χ3v) is 2.60. The number of ether oxygens (including phenoxy) is 2. The van der Waals surface area contributed by atoms with E-state index in [1.54, 1.807) is 32.9 Å². The fourth-order valence-electron chi connectivity index (χ4n) is 1.67. The molecule has 0 saturated heterocycles. The number of primary amides is 1. The number of esters is 1. The molecule has 3 N–H and O–H groups in total. The second-order valence-electron chi connectivity index (χ2n) is 5.96. The standard InChI is InChI=1S/C16H22N2O5/c1-16(2,3)23-14(20)12(9-13(17)19)18-15(21)22-10-11-7-5-4-6-8-11/h4-8,12H,9-10H2,1-3H3,(H2,17,19)(H,18,21)/t12-/m1/s1. The van der Waals surface area contributed by atoms with Crippen molar-refractivity contribution in [3.8, 4) is 0 Å². The lowest BCUT2D eigenvalue weighted by Crippen LogP contribution is -2.46. The van der Waals surface area contributed by atoms with Crippen LogP contribution < -0.4 is 11.1 Å². The Morgan fingerprint density at radius 1 is 1.17 bits per heavy atom. The van der Waals surface area contributed by atoms with Crippen LogP contribution in [0.1, 0.15) is 32.8 Å². The van der Waals surface area contributed by atoms with Gasteiger partial charge < -0.3 is 20.5 Å². The van der Waals surface area contributed by atoms with Gasteiger partial charge in [-0.2, -0.15) is 0 Å². The Labute approximate surface area is 135 Å². The summed E-state index contributed by atoms with van der Waals surface area (Å²) in [7, 11) is 0. The first-order valence-corrected chi connectivity index (χ1v) is 7.16. The van der Waals surface area contributed by atoms with Crippen LogP contribution in [0.4, 0.5) is 4.79 Å². The first-order chi connectivity index (χ1) is 10.7. The van der Waals surface area contributed by atoms with Gasteiger partial charge in [0, 0.05) is 0 Å². The summed E-state index contributed by atoms with van der Waals surface area (Å²) in [6.45, 7) is 5.09. The van der Waals surface area contributed by atoms with Crippen LogP contribution >= 0.6 is 0 Å². The van der Waals surface area contributed by atoms with Gasteiger partial charge in [-0.15, -0.1) is 0 Å². The maximum Gasteiger partial charge on any atom is 0.408 e. The summed E-state index contributed by atoms with van der Waals surface area (Å²) < 4.78 is 10.2. The van der Waals surface area contributed by atoms with Crippen LogP contribution in [0.25, 0.3) is 0 Å². The molecule has 0 spiro atoms. The molecule has 0 bridgehead atoms. The Hall–Kier alpha value is -2.57. The van der Waals surface area contributed by atoms with Gasteiger partial charge in [-0.25, -0.2) is 9.59 Å². The monoisotopic (exact) mass is 322 g/mol. The van der Waals surface area contributed by atoms with Gasteiger partial charge >= 0.3 is 12.1 Å². The molecular weight excluding hydrogens is 300 g/mol. The highest BCUT2D eigenvalue weighted by Gasteiger charge is 2.28. The van der Waals surface area contributed by atoms with Crippen molar-refractivity contribution in [2.24, 2.45) is 5.73 Å². The van der Waals surface area contributed by atoms with E-state index in [1.807, 2.05) is 18.2 Å². The number of nitrogens with two attached hydrogens (primary N) is 1. The molecule has 0 heterocycles. The molecule has 0 saturated carbocycles. The van der Waals surface area contributed by atoms with E-state index in [0.717, 1.165) is 5.56 Å². The van der Waals surface area contributed by atoms with E-state index in [2.05, 4.69) is 5.32 Å². The predicted octanol–water partition coefficient (Wildman–Crippen LogP) is 1.50. The Kier molecular flexibility index (Phi) is 6.56. The summed E-state index contributed by atoms with van der Waals surface area (Å²) in [5.74, 6) is -1.47. The average Bonchev–Trinajstić information content (AvgIpc) is 2.43. The topological polar surface area (TPSA) is 108 Å². The molecule has 0 fully saturated rings. The van der Waals surface area contributed by atoms with E-state index in [9.17, 15) is 14.4 Å². The number of hydrogen-bond acceptors (Lipinski definition) is 5. The van der Waals surface area contributed by atoms with E-state index < -0.39 is 29.6 Å². The molecule has 0 aliphatic rings. The molecule has 1 atom stereocenters. The van der Waals surface area contributed by atoms with E-state index in [1.165, 1.54) is 0 Å². The van der Waals surface area contributed by atoms with Crippen molar-refractivity contribution in [2.75, 3.05) is 0 Å². The normalized spacial score (nSPS) is 12.1. The molecule has 2 amide bonds. The lowest BCUT2D eigenvalue weighted by Gasteiger charge is -2.23. The fraction of sp³-hybridized carbons (Fsp3) is 0.438. The summed E-state index contributed by atoms with van der Waals surface area (Å²) >= 11 is 0. The molecule has 1 rings (SSSR count). The number of rotatable bonds is 6. The van der Waals surface area contributed by atoms with Crippen molar-refractivity contribution < 1.29 is 23.9 Å². The van der Waals surface area contributed by atoms with Crippen LogP contribution in [0.3, 0.4) is 0 Å². The van der Waals surface area contributed by atoms with Gasteiger partial charge in [0.05, 0.1) is 6.42 Å². The van der Waals surface area contributed by atoms with Gasteiger partial charge in [-0.05, 0) is 26.3 Å². The molecule has 1 aromatic carbocycles. The van der Waals surface area contributed by atoms with Gasteiger partial charge in [0.1, 0.15) is 18.2 Å². The molecule has 7 heteroatoms. The van der Waals surface area contributed by atoms with Crippen LogP contribution in [-0.4, -0.2) is 29.6 Å². The van der Waals surface area contributed by atoms with Crippen molar-refractivity contribution in [3.63, 3.8) is 0 Å². The van der Waals surface area contributed by atoms with E-state index in [-0.39, 0.29) is 13.0 Å². The van der Waals surface area contributed by atoms with Crippen molar-refractivity contribution in [2.45, 2.75) is 45.4 Å². The molecule has 0 aliphatic carbocycles. The molecule has 0 radical (unpaired) electrons. The number of alkyl carbamates (subject to hydrolysis) is 1. The van der Waals surface area contributed by atoms with E-state index in [4.69, 9.17) is 15.2 Å². The van der Waals surface area contributed by atoms with Crippen LogP contribution in [0, 0.1) is 0 Å². The summed E-state index contributed by atoms with van der Waals surface area (Å²) in [5, 5.41) is 2.30. The molecule has 126 valence electrons. The van der Waals surface area contributed by atoms with Crippen LogP contribution in [-0.2, 0) is 25.7 Å². The van der Waals surface area contributed by atoms with Gasteiger partial charge in [0.2, 0.25) is 5.91 Å². The molecule has 23 heavy (non-hydrogen) atoms. The molecular formula is C16H22N2O5. The van der Waals surface area contributed by atoms with Crippen LogP contribution in [0.15, 0.2) is 30.3 Å². The Morgan fingerprint density at radius 3 is 2.30 bits per heavy atom. The highest BCUT2D eigenvalue weighted by molar-refractivity contribution is 5.87. The van der Waals surface area contributed by atoms with Crippen molar-refractivity contribution >= 4 is 18.0 Å². The van der Waals surface area contributed by atoms with Gasteiger partial charge in [0.25, 0.3) is 0 Å². The van der Waals surface area contributed by atoms with Crippen molar-refractivity contribution in [1.82, 2.24) is 5.32 Å². The average molecular weight is 322 g/mol. The number of nitrogens with one attached hydrogen (secondary N) is 1. The second-order valence-corrected chi connectivity index (χ2v) is 5.96. The molecule has 1 aromatic rings. The minimum absolute atomic E-state index is 0.0459. The largest absolute Gasteiger partial charge is 0.458 e. The maximum atomic E-state index is 12.0. The van der Waals surface area contributed by atoms with Crippen LogP contribution in [0.2, 0.25) is 0 Å². The van der Waals surface area contributed by atoms with E-state index >= 15 is 0 Å². The van der Waals surface area contributed by atoms with Crippen molar-refractivity contribution in [3.05, 3.63) is 35.9 Å². The van der Waals surface area contributed by atoms with Gasteiger partial charge in [-0.3, -0.25) is 4.79 Å². The zero-order valence-electron chi connectivity index (χ0n) is 13.5. The third kappa shape index (κ3) is 7.85. The fourth-order valence-corrected chi connectivity index (χ4v) is 1.67. The Bertz CT molecular complexity index is 551. The van der Waals surface area contributed by atoms with Gasteiger partial charge in [-0.1, -0.05) is 30.3 Å². The summed E-state index contributed by atoms with van der Waals surface area (Å²) in [4.78, 5) is 34.9. The lowest BCUT2D eigenvalue weighted by molar-refractivity contribution is -0.158.